The Morgan fingerprint density at radius 3 is 1.54 bits per heavy atom. The molecule has 4 nitrogen and oxygen atoms in total. The minimum Gasteiger partial charge on any atom is -0.227 e. The molecule has 4 aromatic heterocycles. The lowest BCUT2D eigenvalue weighted by molar-refractivity contribution is 1.51. The highest BCUT2D eigenvalue weighted by Gasteiger charge is 2.16. The van der Waals surface area contributed by atoms with Gasteiger partial charge in [-0.15, -0.1) is 45.3 Å². The third kappa shape index (κ3) is 2.59. The van der Waals surface area contributed by atoms with Gasteiger partial charge in [-0.1, -0.05) is 0 Å². The predicted octanol–water partition coefficient (Wildman–Crippen LogP) is 6.96. The smallest absolute Gasteiger partial charge is 0.227 e. The van der Waals surface area contributed by atoms with E-state index in [0.717, 1.165) is 19.2 Å². The fourth-order valence-corrected chi connectivity index (χ4v) is 7.98. The SMILES string of the molecule is [C-]#[N+]/C(C#N)=C\c1cc2sc3c4sc(/C=C(\C#N)[N+]#[C-])cc4sc3c2s1. The molecule has 8 heteroatoms. The van der Waals surface area contributed by atoms with Gasteiger partial charge in [0.15, 0.2) is 0 Å². The van der Waals surface area contributed by atoms with E-state index < -0.39 is 0 Å². The third-order valence-corrected chi connectivity index (χ3v) is 8.66. The Morgan fingerprint density at radius 2 is 1.19 bits per heavy atom. The Balaban J connectivity index is 1.86. The van der Waals surface area contributed by atoms with Crippen molar-refractivity contribution in [2.24, 2.45) is 0 Å². The molecular formula is C18H4N4S4. The summed E-state index contributed by atoms with van der Waals surface area (Å²) in [7, 11) is 0. The molecule has 0 bridgehead atoms. The molecule has 0 unspecified atom stereocenters. The van der Waals surface area contributed by atoms with Crippen molar-refractivity contribution >= 4 is 85.7 Å². The summed E-state index contributed by atoms with van der Waals surface area (Å²) >= 11 is 6.59. The lowest BCUT2D eigenvalue weighted by Crippen LogP contribution is -1.65. The second-order valence-electron chi connectivity index (χ2n) is 5.05. The number of hydrogen-bond acceptors (Lipinski definition) is 6. The number of nitrogens with zero attached hydrogens (tertiary/aromatic N) is 4. The van der Waals surface area contributed by atoms with E-state index in [2.05, 4.69) is 9.69 Å². The zero-order valence-corrected chi connectivity index (χ0v) is 16.0. The summed E-state index contributed by atoms with van der Waals surface area (Å²) < 4.78 is 7.11. The average molecular weight is 405 g/mol. The Labute approximate surface area is 164 Å². The normalized spacial score (nSPS) is 12.2. The molecule has 0 radical (unpaired) electrons. The first-order chi connectivity index (χ1) is 12.7. The van der Waals surface area contributed by atoms with Gasteiger partial charge in [0.25, 0.3) is 11.4 Å². The van der Waals surface area contributed by atoms with Crippen LogP contribution in [0.1, 0.15) is 9.75 Å². The second kappa shape index (κ2) is 6.39. The van der Waals surface area contributed by atoms with Gasteiger partial charge in [0.05, 0.1) is 44.1 Å². The molecule has 0 aliphatic rings. The maximum Gasteiger partial charge on any atom is 0.263 e. The van der Waals surface area contributed by atoms with E-state index in [4.69, 9.17) is 23.7 Å². The minimum absolute atomic E-state index is 0.0897. The molecule has 0 atom stereocenters. The molecule has 4 rings (SSSR count). The van der Waals surface area contributed by atoms with E-state index in [-0.39, 0.29) is 11.4 Å². The lowest BCUT2D eigenvalue weighted by Gasteiger charge is -1.84. The third-order valence-electron chi connectivity index (χ3n) is 3.50. The van der Waals surface area contributed by atoms with E-state index in [1.165, 1.54) is 18.8 Å². The first kappa shape index (κ1) is 16.5. The van der Waals surface area contributed by atoms with Crippen molar-refractivity contribution in [2.75, 3.05) is 0 Å². The van der Waals surface area contributed by atoms with Gasteiger partial charge in [0.1, 0.15) is 0 Å². The maximum absolute atomic E-state index is 8.91. The fraction of sp³-hybridized carbons (Fsp3) is 0. The maximum atomic E-state index is 8.91. The van der Waals surface area contributed by atoms with Gasteiger partial charge in [-0.3, -0.25) is 0 Å². The van der Waals surface area contributed by atoms with Gasteiger partial charge in [-0.2, -0.15) is 0 Å². The number of rotatable bonds is 2. The zero-order valence-electron chi connectivity index (χ0n) is 12.7. The van der Waals surface area contributed by atoms with Crippen LogP contribution in [0, 0.1) is 35.8 Å². The van der Waals surface area contributed by atoms with Crippen molar-refractivity contribution in [1.82, 2.24) is 0 Å². The van der Waals surface area contributed by atoms with E-state index in [0.29, 0.717) is 0 Å². The van der Waals surface area contributed by atoms with Gasteiger partial charge in [-0.05, 0) is 24.3 Å². The van der Waals surface area contributed by atoms with Crippen molar-refractivity contribution < 1.29 is 0 Å². The van der Waals surface area contributed by atoms with Crippen LogP contribution in [-0.2, 0) is 0 Å². The van der Waals surface area contributed by atoms with Crippen molar-refractivity contribution in [1.29, 1.82) is 10.5 Å². The van der Waals surface area contributed by atoms with Gasteiger partial charge < -0.3 is 0 Å². The Bertz CT molecular complexity index is 1280. The summed E-state index contributed by atoms with van der Waals surface area (Å²) in [6.07, 6.45) is 3.26. The summed E-state index contributed by atoms with van der Waals surface area (Å²) in [6, 6.07) is 7.83. The highest BCUT2D eigenvalue weighted by Crippen LogP contribution is 2.50. The van der Waals surface area contributed by atoms with Crippen LogP contribution in [0.2, 0.25) is 0 Å². The van der Waals surface area contributed by atoms with Crippen molar-refractivity contribution in [2.45, 2.75) is 0 Å². The van der Waals surface area contributed by atoms with Gasteiger partial charge in [0.2, 0.25) is 0 Å². The number of fused-ring (bicyclic) bond motifs is 5. The van der Waals surface area contributed by atoms with E-state index in [1.807, 2.05) is 24.3 Å². The molecule has 26 heavy (non-hydrogen) atoms. The molecule has 0 fully saturated rings. The van der Waals surface area contributed by atoms with Crippen LogP contribution in [0.25, 0.3) is 50.0 Å². The molecule has 0 N–H and O–H groups in total. The largest absolute Gasteiger partial charge is 0.263 e. The molecule has 4 heterocycles. The van der Waals surface area contributed by atoms with Crippen LogP contribution in [-0.4, -0.2) is 0 Å². The van der Waals surface area contributed by atoms with Crippen LogP contribution in [0.3, 0.4) is 0 Å². The Kier molecular flexibility index (Phi) is 4.05. The number of hydrogen-bond donors (Lipinski definition) is 0. The van der Waals surface area contributed by atoms with Crippen LogP contribution in [0.5, 0.6) is 0 Å². The highest BCUT2D eigenvalue weighted by molar-refractivity contribution is 7.44. The van der Waals surface area contributed by atoms with E-state index in [9.17, 15) is 0 Å². The van der Waals surface area contributed by atoms with Crippen molar-refractivity contribution in [3.8, 4) is 12.1 Å². The summed E-state index contributed by atoms with van der Waals surface area (Å²) in [4.78, 5) is 8.24. The molecule has 0 amide bonds. The predicted molar refractivity (Wildman–Crippen MR) is 111 cm³/mol. The summed E-state index contributed by atoms with van der Waals surface area (Å²) in [6.45, 7) is 14.0. The number of nitriles is 2. The van der Waals surface area contributed by atoms with Crippen molar-refractivity contribution in [3.05, 3.63) is 56.1 Å². The number of thiophene rings is 4. The van der Waals surface area contributed by atoms with Crippen LogP contribution < -0.4 is 0 Å². The Morgan fingerprint density at radius 1 is 0.769 bits per heavy atom. The lowest BCUT2D eigenvalue weighted by atomic mass is 10.3. The molecule has 0 aliphatic heterocycles. The van der Waals surface area contributed by atoms with E-state index >= 15 is 0 Å². The van der Waals surface area contributed by atoms with Crippen LogP contribution in [0.15, 0.2) is 23.5 Å². The van der Waals surface area contributed by atoms with Gasteiger partial charge >= 0.3 is 0 Å². The molecule has 4 aromatic rings. The first-order valence-electron chi connectivity index (χ1n) is 7.03. The standard InChI is InChI=1S/C18H4N4S4/c1-21-9(7-19)3-11-5-13-15(23-11)17-18(25-13)16-14(26-17)6-12(24-16)4-10(8-20)22-2/h3-6H/b9-3-,10-4+. The van der Waals surface area contributed by atoms with Gasteiger partial charge in [-0.25, -0.2) is 20.2 Å². The van der Waals surface area contributed by atoms with E-state index in [1.54, 1.807) is 57.5 Å². The summed E-state index contributed by atoms with van der Waals surface area (Å²) in [5.41, 5.74) is 0.179. The topological polar surface area (TPSA) is 56.3 Å². The van der Waals surface area contributed by atoms with Crippen LogP contribution >= 0.6 is 45.3 Å². The molecule has 120 valence electrons. The molecule has 0 saturated carbocycles. The fourth-order valence-electron chi connectivity index (χ4n) is 2.46. The first-order valence-corrected chi connectivity index (χ1v) is 10.3. The molecule has 0 saturated heterocycles. The average Bonchev–Trinajstić information content (AvgIpc) is 3.36. The zero-order chi connectivity index (χ0) is 18.3. The minimum atomic E-state index is 0.0897. The highest BCUT2D eigenvalue weighted by atomic mass is 32.1. The van der Waals surface area contributed by atoms with Crippen LogP contribution in [0.4, 0.5) is 0 Å². The summed E-state index contributed by atoms with van der Waals surface area (Å²) in [5, 5.41) is 17.8. The molecular weight excluding hydrogens is 400 g/mol. The second-order valence-corrected chi connectivity index (χ2v) is 9.32. The molecule has 0 aliphatic carbocycles. The van der Waals surface area contributed by atoms with Gasteiger partial charge in [0, 0.05) is 19.2 Å². The monoisotopic (exact) mass is 404 g/mol. The summed E-state index contributed by atoms with van der Waals surface area (Å²) in [5.74, 6) is 0. The quantitative estimate of drug-likeness (QED) is 0.268. The van der Waals surface area contributed by atoms with Crippen molar-refractivity contribution in [3.63, 3.8) is 0 Å². The molecule has 0 spiro atoms. The Hall–Kier alpha value is -2.98. The molecule has 0 aromatic carbocycles. The number of allylic oxidation sites excluding steroid dienone is 2.